The Morgan fingerprint density at radius 2 is 1.70 bits per heavy atom. The van der Waals surface area contributed by atoms with Gasteiger partial charge < -0.3 is 20.5 Å². The summed E-state index contributed by atoms with van der Waals surface area (Å²) in [6, 6.07) is 7.46. The van der Waals surface area contributed by atoms with Crippen LogP contribution in [0.1, 0.15) is 32.1 Å². The summed E-state index contributed by atoms with van der Waals surface area (Å²) in [4.78, 5) is 16.2. The molecule has 1 unspecified atom stereocenters. The number of hydrogen-bond acceptors (Lipinski definition) is 6. The Kier molecular flexibility index (Phi) is 13.4. The second-order valence-electron chi connectivity index (χ2n) is 5.05. The molecule has 0 aliphatic heterocycles. The predicted molar refractivity (Wildman–Crippen MR) is 88.0 cm³/mol. The first-order chi connectivity index (χ1) is 11.0. The number of unbranched alkanes of at least 4 members (excludes halogenated alkanes) is 1. The smallest absolute Gasteiger partial charge is 0.451 e. The second-order valence-corrected chi connectivity index (χ2v) is 5.49. The minimum atomic E-state index is -1.20. The maximum atomic E-state index is 8.72. The Hall–Kier alpha value is -1.37. The lowest BCUT2D eigenvalue weighted by Crippen LogP contribution is -2.21. The predicted octanol–water partition coefficient (Wildman–Crippen LogP) is 1.89. The number of halogens is 1. The zero-order chi connectivity index (χ0) is 17.5. The van der Waals surface area contributed by atoms with E-state index >= 15 is 0 Å². The highest BCUT2D eigenvalue weighted by atomic mass is 35.5. The van der Waals surface area contributed by atoms with Gasteiger partial charge in [0.05, 0.1) is 6.61 Å². The van der Waals surface area contributed by atoms with Gasteiger partial charge in [0.25, 0.3) is 0 Å². The van der Waals surface area contributed by atoms with Crippen LogP contribution >= 0.6 is 11.6 Å². The number of carbonyl (C=O) groups excluding carboxylic acids is 2. The molecule has 0 fully saturated rings. The highest BCUT2D eigenvalue weighted by molar-refractivity contribution is 6.40. The molecule has 128 valence electrons. The average molecular weight is 344 g/mol. The van der Waals surface area contributed by atoms with E-state index in [0.717, 1.165) is 37.9 Å². The summed E-state index contributed by atoms with van der Waals surface area (Å²) in [7, 11) is -1.20. The molecule has 0 saturated carbocycles. The lowest BCUT2D eigenvalue weighted by molar-refractivity contribution is -0.191. The Morgan fingerprint density at radius 3 is 2.26 bits per heavy atom. The maximum Gasteiger partial charge on any atom is 0.451 e. The van der Waals surface area contributed by atoms with E-state index in [1.54, 1.807) is 12.1 Å². The quantitative estimate of drug-likeness (QED) is 0.442. The van der Waals surface area contributed by atoms with Crippen molar-refractivity contribution >= 4 is 24.9 Å². The Balaban J connectivity index is 0.00000149. The topological polar surface area (TPSA) is 110 Å². The molecule has 6 nitrogen and oxygen atoms in total. The van der Waals surface area contributed by atoms with Gasteiger partial charge in [0.1, 0.15) is 5.75 Å². The van der Waals surface area contributed by atoms with Crippen LogP contribution in [0.4, 0.5) is 0 Å². The molecule has 0 bridgehead atoms. The average Bonchev–Trinajstić information content (AvgIpc) is 2.50. The lowest BCUT2D eigenvalue weighted by atomic mass is 9.83. The first-order valence-electron chi connectivity index (χ1n) is 7.49. The summed E-state index contributed by atoms with van der Waals surface area (Å²) in [5.74, 6) is 0.819. The van der Waals surface area contributed by atoms with Gasteiger partial charge >= 0.3 is 13.3 Å². The van der Waals surface area contributed by atoms with Crippen molar-refractivity contribution < 1.29 is 24.4 Å². The minimum absolute atomic E-state index is 0.152. The third kappa shape index (κ3) is 14.0. The van der Waals surface area contributed by atoms with Gasteiger partial charge in [-0.2, -0.15) is 9.59 Å². The fraction of sp³-hybridized carbons (Fsp3) is 0.533. The molecule has 0 radical (unpaired) electrons. The third-order valence-electron chi connectivity index (χ3n) is 3.09. The van der Waals surface area contributed by atoms with Crippen LogP contribution in [0, 0.1) is 0 Å². The van der Waals surface area contributed by atoms with Gasteiger partial charge in [-0.15, -0.1) is 0 Å². The van der Waals surface area contributed by atoms with E-state index in [1.807, 2.05) is 12.1 Å². The van der Waals surface area contributed by atoms with Gasteiger partial charge in [0.15, 0.2) is 0 Å². The monoisotopic (exact) mass is 343 g/mol. The molecule has 1 aromatic carbocycles. The molecule has 0 aliphatic carbocycles. The Labute approximate surface area is 141 Å². The summed E-state index contributed by atoms with van der Waals surface area (Å²) >= 11 is 5.79. The van der Waals surface area contributed by atoms with Crippen LogP contribution in [0.15, 0.2) is 24.3 Å². The largest absolute Gasteiger partial charge is 0.494 e. The number of benzene rings is 1. The number of nitrogens with two attached hydrogens (primary N) is 1. The van der Waals surface area contributed by atoms with E-state index in [-0.39, 0.29) is 12.2 Å². The van der Waals surface area contributed by atoms with Crippen molar-refractivity contribution in [2.24, 2.45) is 5.73 Å². The van der Waals surface area contributed by atoms with Crippen LogP contribution in [0.5, 0.6) is 5.75 Å². The molecule has 1 atom stereocenters. The van der Waals surface area contributed by atoms with Crippen molar-refractivity contribution in [3.8, 4) is 5.75 Å². The molecule has 8 heteroatoms. The fourth-order valence-electron chi connectivity index (χ4n) is 1.94. The summed E-state index contributed by atoms with van der Waals surface area (Å²) < 4.78 is 5.59. The van der Waals surface area contributed by atoms with Crippen LogP contribution in [0.2, 0.25) is 11.3 Å². The van der Waals surface area contributed by atoms with Crippen molar-refractivity contribution in [1.29, 1.82) is 0 Å². The van der Waals surface area contributed by atoms with Crippen molar-refractivity contribution in [3.05, 3.63) is 29.3 Å². The standard InChI is InChI=1S/C14H23BClNO3.CO2/c16-12-6-8-14(9-7-12)20-11-3-5-13(17)4-1-2-10-15(18)19;2-1-3/h6-9,13,18-19H,1-5,10-11,17H2;. The third-order valence-corrected chi connectivity index (χ3v) is 3.34. The van der Waals surface area contributed by atoms with Gasteiger partial charge in [0, 0.05) is 11.1 Å². The first-order valence-corrected chi connectivity index (χ1v) is 7.86. The van der Waals surface area contributed by atoms with Gasteiger partial charge in [-0.25, -0.2) is 0 Å². The van der Waals surface area contributed by atoms with E-state index in [2.05, 4.69) is 0 Å². The lowest BCUT2D eigenvalue weighted by Gasteiger charge is -2.12. The van der Waals surface area contributed by atoms with E-state index < -0.39 is 7.12 Å². The molecule has 4 N–H and O–H groups in total. The summed E-state index contributed by atoms with van der Waals surface area (Å²) in [5.41, 5.74) is 5.99. The van der Waals surface area contributed by atoms with E-state index in [0.29, 0.717) is 17.9 Å². The van der Waals surface area contributed by atoms with Crippen LogP contribution in [-0.4, -0.2) is 36.0 Å². The first kappa shape index (κ1) is 21.6. The minimum Gasteiger partial charge on any atom is -0.494 e. The molecule has 0 saturated heterocycles. The molecule has 1 rings (SSSR count). The summed E-state index contributed by atoms with van der Waals surface area (Å²) in [6.07, 6.45) is 5.13. The van der Waals surface area contributed by atoms with Crippen LogP contribution in [-0.2, 0) is 9.59 Å². The van der Waals surface area contributed by atoms with Gasteiger partial charge in [0.2, 0.25) is 0 Å². The van der Waals surface area contributed by atoms with Crippen molar-refractivity contribution in [3.63, 3.8) is 0 Å². The molecule has 0 spiro atoms. The number of ether oxygens (including phenoxy) is 1. The molecule has 0 heterocycles. The van der Waals surface area contributed by atoms with Crippen LogP contribution in [0.25, 0.3) is 0 Å². The van der Waals surface area contributed by atoms with Crippen LogP contribution < -0.4 is 10.5 Å². The molecule has 1 aromatic rings. The molecular formula is C15H23BClNO5. The molecule has 0 aliphatic rings. The molecule has 23 heavy (non-hydrogen) atoms. The summed E-state index contributed by atoms with van der Waals surface area (Å²) in [5, 5.41) is 18.1. The number of rotatable bonds is 10. The molecule has 0 aromatic heterocycles. The van der Waals surface area contributed by atoms with E-state index in [9.17, 15) is 0 Å². The van der Waals surface area contributed by atoms with Crippen molar-refractivity contribution in [1.82, 2.24) is 0 Å². The van der Waals surface area contributed by atoms with E-state index in [1.165, 1.54) is 0 Å². The zero-order valence-electron chi connectivity index (χ0n) is 13.0. The van der Waals surface area contributed by atoms with E-state index in [4.69, 9.17) is 41.7 Å². The van der Waals surface area contributed by atoms with Gasteiger partial charge in [-0.05, 0) is 49.8 Å². The van der Waals surface area contributed by atoms with Crippen molar-refractivity contribution in [2.45, 2.75) is 44.5 Å². The van der Waals surface area contributed by atoms with Crippen LogP contribution in [0.3, 0.4) is 0 Å². The normalized spacial score (nSPS) is 11.0. The Bertz CT molecular complexity index is 438. The summed E-state index contributed by atoms with van der Waals surface area (Å²) in [6.45, 7) is 0.644. The van der Waals surface area contributed by atoms with Crippen molar-refractivity contribution in [2.75, 3.05) is 6.61 Å². The van der Waals surface area contributed by atoms with Gasteiger partial charge in [-0.3, -0.25) is 0 Å². The van der Waals surface area contributed by atoms with Gasteiger partial charge in [-0.1, -0.05) is 24.4 Å². The number of hydrogen-bond donors (Lipinski definition) is 3. The molecule has 0 amide bonds. The highest BCUT2D eigenvalue weighted by Crippen LogP contribution is 2.16. The molecular weight excluding hydrogens is 320 g/mol. The fourth-order valence-corrected chi connectivity index (χ4v) is 2.07. The Morgan fingerprint density at radius 1 is 1.13 bits per heavy atom. The zero-order valence-corrected chi connectivity index (χ0v) is 13.7. The highest BCUT2D eigenvalue weighted by Gasteiger charge is 2.07. The maximum absolute atomic E-state index is 8.72. The second kappa shape index (κ2) is 14.2. The SMILES string of the molecule is NC(CCCCB(O)O)CCCOc1ccc(Cl)cc1.O=C=O.